The Hall–Kier alpha value is -2.89. The number of benzene rings is 2. The Morgan fingerprint density at radius 2 is 1.79 bits per heavy atom. The molecule has 3 rings (SSSR count). The van der Waals surface area contributed by atoms with Crippen molar-refractivity contribution in [2.75, 3.05) is 64.2 Å². The smallest absolute Gasteiger partial charge is 0.194 e. The van der Waals surface area contributed by atoms with Crippen LogP contribution in [-0.2, 0) is 6.54 Å². The van der Waals surface area contributed by atoms with E-state index in [1.807, 2.05) is 19.2 Å². The van der Waals surface area contributed by atoms with Crippen LogP contribution in [0.25, 0.3) is 0 Å². The van der Waals surface area contributed by atoms with Gasteiger partial charge in [-0.05, 0) is 29.8 Å². The normalized spacial score (nSPS) is 14.8. The minimum absolute atomic E-state index is 0.774. The fraction of sp³-hybridized carbons (Fsp3) is 0.409. The lowest BCUT2D eigenvalue weighted by Gasteiger charge is -2.37. The van der Waals surface area contributed by atoms with E-state index >= 15 is 0 Å². The van der Waals surface area contributed by atoms with Gasteiger partial charge < -0.3 is 24.8 Å². The Balaban J connectivity index is 1.53. The Labute approximate surface area is 168 Å². The molecular formula is C22H31N5O. The summed E-state index contributed by atoms with van der Waals surface area (Å²) in [6, 6.07) is 16.9. The highest BCUT2D eigenvalue weighted by Crippen LogP contribution is 2.22. The molecule has 0 atom stereocenters. The summed E-state index contributed by atoms with van der Waals surface area (Å²) in [5.74, 6) is 1.86. The summed E-state index contributed by atoms with van der Waals surface area (Å²) in [4.78, 5) is 11.3. The first-order valence-electron chi connectivity index (χ1n) is 9.71. The van der Waals surface area contributed by atoms with Crippen LogP contribution in [0, 0.1) is 0 Å². The molecule has 0 unspecified atom stereocenters. The van der Waals surface area contributed by atoms with E-state index in [1.165, 1.54) is 16.9 Å². The van der Waals surface area contributed by atoms with Gasteiger partial charge in [-0.15, -0.1) is 0 Å². The average molecular weight is 382 g/mol. The topological polar surface area (TPSA) is 43.3 Å². The number of rotatable bonds is 5. The number of piperazine rings is 1. The molecule has 0 radical (unpaired) electrons. The van der Waals surface area contributed by atoms with Gasteiger partial charge in [0.25, 0.3) is 0 Å². The minimum atomic E-state index is 0.774. The Kier molecular flexibility index (Phi) is 6.63. The molecule has 28 heavy (non-hydrogen) atoms. The zero-order valence-corrected chi connectivity index (χ0v) is 17.4. The Bertz CT molecular complexity index is 780. The van der Waals surface area contributed by atoms with Crippen LogP contribution in [0.1, 0.15) is 5.56 Å². The van der Waals surface area contributed by atoms with Gasteiger partial charge in [-0.3, -0.25) is 4.99 Å². The summed E-state index contributed by atoms with van der Waals surface area (Å²) in [6.45, 7) is 4.58. The maximum atomic E-state index is 5.35. The number of anilines is 2. The van der Waals surface area contributed by atoms with Crippen molar-refractivity contribution in [3.8, 4) is 5.75 Å². The quantitative estimate of drug-likeness (QED) is 0.637. The molecule has 1 aliphatic rings. The predicted molar refractivity (Wildman–Crippen MR) is 118 cm³/mol. The van der Waals surface area contributed by atoms with Crippen molar-refractivity contribution in [3.05, 3.63) is 54.1 Å². The number of hydrogen-bond acceptors (Lipinski definition) is 4. The molecule has 1 fully saturated rings. The van der Waals surface area contributed by atoms with Gasteiger partial charge in [0.05, 0.1) is 7.11 Å². The lowest BCUT2D eigenvalue weighted by atomic mass is 10.2. The van der Waals surface area contributed by atoms with Crippen molar-refractivity contribution in [1.29, 1.82) is 0 Å². The van der Waals surface area contributed by atoms with Gasteiger partial charge in [0.2, 0.25) is 0 Å². The fourth-order valence-corrected chi connectivity index (χ4v) is 3.41. The van der Waals surface area contributed by atoms with E-state index in [1.54, 1.807) is 7.11 Å². The highest BCUT2D eigenvalue weighted by Gasteiger charge is 2.20. The first-order chi connectivity index (χ1) is 13.6. The molecule has 0 aliphatic carbocycles. The van der Waals surface area contributed by atoms with Crippen molar-refractivity contribution in [2.24, 2.45) is 4.99 Å². The molecule has 6 nitrogen and oxygen atoms in total. The molecule has 0 spiro atoms. The van der Waals surface area contributed by atoms with E-state index in [0.717, 1.165) is 44.4 Å². The van der Waals surface area contributed by atoms with Gasteiger partial charge in [-0.25, -0.2) is 0 Å². The number of ether oxygens (including phenoxy) is 1. The molecule has 0 saturated carbocycles. The number of aliphatic imine (C=N–C) groups is 1. The zero-order chi connectivity index (χ0) is 19.9. The number of nitrogens with one attached hydrogen (secondary N) is 1. The maximum absolute atomic E-state index is 5.35. The van der Waals surface area contributed by atoms with Crippen molar-refractivity contribution < 1.29 is 4.74 Å². The van der Waals surface area contributed by atoms with Crippen LogP contribution in [0.2, 0.25) is 0 Å². The first kappa shape index (κ1) is 19.9. The molecule has 0 aromatic heterocycles. The largest absolute Gasteiger partial charge is 0.497 e. The second-order valence-electron chi connectivity index (χ2n) is 7.14. The lowest BCUT2D eigenvalue weighted by molar-refractivity contribution is 0.372. The van der Waals surface area contributed by atoms with Crippen molar-refractivity contribution in [3.63, 3.8) is 0 Å². The third-order valence-electron chi connectivity index (χ3n) is 5.11. The molecular weight excluding hydrogens is 350 g/mol. The second kappa shape index (κ2) is 9.35. The molecule has 1 aliphatic heterocycles. The summed E-state index contributed by atoms with van der Waals surface area (Å²) in [7, 11) is 7.67. The van der Waals surface area contributed by atoms with Crippen LogP contribution in [0.3, 0.4) is 0 Å². The molecule has 2 aromatic rings. The molecule has 1 N–H and O–H groups in total. The van der Waals surface area contributed by atoms with Crippen LogP contribution < -0.4 is 19.9 Å². The van der Waals surface area contributed by atoms with Crippen LogP contribution in [-0.4, -0.2) is 65.3 Å². The SMILES string of the molecule is CN=C(NCc1ccc(N(C)C)cc1)N1CCN(c2cccc(OC)c2)CC1. The van der Waals surface area contributed by atoms with E-state index in [2.05, 4.69) is 75.5 Å². The molecule has 0 bridgehead atoms. The number of nitrogens with zero attached hydrogens (tertiary/aromatic N) is 4. The second-order valence-corrected chi connectivity index (χ2v) is 7.14. The maximum Gasteiger partial charge on any atom is 0.194 e. The van der Waals surface area contributed by atoms with Crippen LogP contribution in [0.15, 0.2) is 53.5 Å². The minimum Gasteiger partial charge on any atom is -0.497 e. The van der Waals surface area contributed by atoms with Gasteiger partial charge in [-0.2, -0.15) is 0 Å². The number of methoxy groups -OCH3 is 1. The van der Waals surface area contributed by atoms with E-state index < -0.39 is 0 Å². The molecule has 1 heterocycles. The Morgan fingerprint density at radius 3 is 2.39 bits per heavy atom. The first-order valence-corrected chi connectivity index (χ1v) is 9.71. The monoisotopic (exact) mass is 381 g/mol. The summed E-state index contributed by atoms with van der Waals surface area (Å²) in [5, 5.41) is 3.50. The lowest BCUT2D eigenvalue weighted by Crippen LogP contribution is -2.52. The summed E-state index contributed by atoms with van der Waals surface area (Å²) in [6.07, 6.45) is 0. The molecule has 2 aromatic carbocycles. The Morgan fingerprint density at radius 1 is 1.07 bits per heavy atom. The number of hydrogen-bond donors (Lipinski definition) is 1. The van der Waals surface area contributed by atoms with Crippen LogP contribution in [0.4, 0.5) is 11.4 Å². The van der Waals surface area contributed by atoms with Gasteiger partial charge in [-0.1, -0.05) is 18.2 Å². The van der Waals surface area contributed by atoms with Gasteiger partial charge in [0.1, 0.15) is 5.75 Å². The van der Waals surface area contributed by atoms with E-state index in [-0.39, 0.29) is 0 Å². The zero-order valence-electron chi connectivity index (χ0n) is 17.4. The van der Waals surface area contributed by atoms with Gasteiger partial charge in [0, 0.05) is 71.3 Å². The highest BCUT2D eigenvalue weighted by molar-refractivity contribution is 5.80. The number of guanidine groups is 1. The van der Waals surface area contributed by atoms with Crippen molar-refractivity contribution in [2.45, 2.75) is 6.54 Å². The third kappa shape index (κ3) is 4.88. The standard InChI is InChI=1S/C22H31N5O/c1-23-22(24-17-18-8-10-19(11-9-18)25(2)3)27-14-12-26(13-15-27)20-6-5-7-21(16-20)28-4/h5-11,16H,12-15,17H2,1-4H3,(H,23,24). The fourth-order valence-electron chi connectivity index (χ4n) is 3.41. The highest BCUT2D eigenvalue weighted by atomic mass is 16.5. The average Bonchev–Trinajstić information content (AvgIpc) is 2.75. The van der Waals surface area contributed by atoms with Crippen molar-refractivity contribution >= 4 is 17.3 Å². The van der Waals surface area contributed by atoms with Crippen LogP contribution in [0.5, 0.6) is 5.75 Å². The van der Waals surface area contributed by atoms with E-state index in [9.17, 15) is 0 Å². The molecule has 1 saturated heterocycles. The van der Waals surface area contributed by atoms with E-state index in [0.29, 0.717) is 0 Å². The third-order valence-corrected chi connectivity index (χ3v) is 5.11. The van der Waals surface area contributed by atoms with Gasteiger partial charge >= 0.3 is 0 Å². The van der Waals surface area contributed by atoms with Gasteiger partial charge in [0.15, 0.2) is 5.96 Å². The summed E-state index contributed by atoms with van der Waals surface area (Å²) >= 11 is 0. The molecule has 0 amide bonds. The summed E-state index contributed by atoms with van der Waals surface area (Å²) < 4.78 is 5.35. The summed E-state index contributed by atoms with van der Waals surface area (Å²) in [5.41, 5.74) is 3.67. The van der Waals surface area contributed by atoms with E-state index in [4.69, 9.17) is 4.74 Å². The van der Waals surface area contributed by atoms with Crippen LogP contribution >= 0.6 is 0 Å². The predicted octanol–water partition coefficient (Wildman–Crippen LogP) is 2.66. The molecule has 6 heteroatoms. The van der Waals surface area contributed by atoms with Crippen molar-refractivity contribution in [1.82, 2.24) is 10.2 Å². The molecule has 150 valence electrons.